The van der Waals surface area contributed by atoms with Gasteiger partial charge in [0.05, 0.1) is 17.5 Å². The Hall–Kier alpha value is -2.80. The van der Waals surface area contributed by atoms with Crippen molar-refractivity contribution in [3.63, 3.8) is 0 Å². The molecule has 0 atom stereocenters. The van der Waals surface area contributed by atoms with Crippen molar-refractivity contribution >= 4 is 29.0 Å². The minimum absolute atomic E-state index is 0.223. The standard InChI is InChI=1S/C20H22N4O2S/c1-5-24(3)15-9-6-8-14(12-15)22-19(25)17-13(2)21-18(23-20(17)27-4)16-10-7-11-26-16/h6-12H,5H2,1-4H3,(H,22,25). The van der Waals surface area contributed by atoms with Crippen LogP contribution in [0.4, 0.5) is 11.4 Å². The molecule has 6 nitrogen and oxygen atoms in total. The highest BCUT2D eigenvalue weighted by atomic mass is 32.2. The smallest absolute Gasteiger partial charge is 0.260 e. The second-order valence-corrected chi connectivity index (χ2v) is 6.81. The number of nitrogens with zero attached hydrogens (tertiary/aromatic N) is 3. The number of aryl methyl sites for hydroxylation is 1. The molecule has 2 aromatic heterocycles. The van der Waals surface area contributed by atoms with Gasteiger partial charge >= 0.3 is 0 Å². The van der Waals surface area contributed by atoms with E-state index in [-0.39, 0.29) is 5.91 Å². The maximum absolute atomic E-state index is 12.9. The largest absolute Gasteiger partial charge is 0.461 e. The van der Waals surface area contributed by atoms with E-state index in [9.17, 15) is 4.79 Å². The summed E-state index contributed by atoms with van der Waals surface area (Å²) in [5.41, 5.74) is 2.87. The van der Waals surface area contributed by atoms with Gasteiger partial charge in [-0.25, -0.2) is 9.97 Å². The van der Waals surface area contributed by atoms with E-state index < -0.39 is 0 Å². The molecule has 3 aromatic rings. The van der Waals surface area contributed by atoms with E-state index in [0.29, 0.717) is 27.9 Å². The Morgan fingerprint density at radius 3 is 2.74 bits per heavy atom. The maximum Gasteiger partial charge on any atom is 0.260 e. The molecule has 7 heteroatoms. The average Bonchev–Trinajstić information content (AvgIpc) is 3.21. The fraction of sp³-hybridized carbons (Fsp3) is 0.250. The molecule has 0 spiro atoms. The number of aromatic nitrogens is 2. The van der Waals surface area contributed by atoms with Crippen molar-refractivity contribution in [2.75, 3.05) is 30.1 Å². The third-order valence-electron chi connectivity index (χ3n) is 4.24. The lowest BCUT2D eigenvalue weighted by Gasteiger charge is -2.18. The van der Waals surface area contributed by atoms with E-state index in [1.807, 2.05) is 44.5 Å². The van der Waals surface area contributed by atoms with Crippen LogP contribution < -0.4 is 10.2 Å². The minimum Gasteiger partial charge on any atom is -0.461 e. The summed E-state index contributed by atoms with van der Waals surface area (Å²) in [7, 11) is 2.01. The van der Waals surface area contributed by atoms with Gasteiger partial charge in [0, 0.05) is 25.0 Å². The summed E-state index contributed by atoms with van der Waals surface area (Å²) in [6.45, 7) is 4.77. The Balaban J connectivity index is 1.91. The zero-order valence-corrected chi connectivity index (χ0v) is 16.6. The van der Waals surface area contributed by atoms with Gasteiger partial charge in [-0.05, 0) is 50.4 Å². The third-order valence-corrected chi connectivity index (χ3v) is 4.92. The fourth-order valence-electron chi connectivity index (χ4n) is 2.67. The third kappa shape index (κ3) is 4.14. The van der Waals surface area contributed by atoms with Crippen molar-refractivity contribution in [3.05, 3.63) is 53.9 Å². The first-order valence-electron chi connectivity index (χ1n) is 8.62. The number of thioether (sulfide) groups is 1. The van der Waals surface area contributed by atoms with Crippen LogP contribution in [0.1, 0.15) is 23.0 Å². The number of hydrogen-bond acceptors (Lipinski definition) is 6. The van der Waals surface area contributed by atoms with Gasteiger partial charge in [0.1, 0.15) is 5.03 Å². The second-order valence-electron chi connectivity index (χ2n) is 6.01. The van der Waals surface area contributed by atoms with Crippen molar-refractivity contribution in [3.8, 4) is 11.6 Å². The highest BCUT2D eigenvalue weighted by Crippen LogP contribution is 2.26. The Bertz CT molecular complexity index is 941. The molecule has 140 valence electrons. The Morgan fingerprint density at radius 2 is 2.07 bits per heavy atom. The first-order chi connectivity index (χ1) is 13.0. The molecule has 27 heavy (non-hydrogen) atoms. The van der Waals surface area contributed by atoms with Crippen molar-refractivity contribution in [1.82, 2.24) is 9.97 Å². The molecular weight excluding hydrogens is 360 g/mol. The van der Waals surface area contributed by atoms with Gasteiger partial charge in [-0.1, -0.05) is 6.07 Å². The SMILES string of the molecule is CCN(C)c1cccc(NC(=O)c2c(C)nc(-c3ccco3)nc2SC)c1. The molecule has 0 aliphatic rings. The summed E-state index contributed by atoms with van der Waals surface area (Å²) < 4.78 is 5.38. The minimum atomic E-state index is -0.223. The summed E-state index contributed by atoms with van der Waals surface area (Å²) in [6.07, 6.45) is 3.47. The Kier molecular flexibility index (Phi) is 5.81. The molecule has 2 heterocycles. The summed E-state index contributed by atoms with van der Waals surface area (Å²) >= 11 is 1.41. The summed E-state index contributed by atoms with van der Waals surface area (Å²) in [5, 5.41) is 3.58. The molecule has 0 saturated heterocycles. The predicted octanol–water partition coefficient (Wildman–Crippen LogP) is 4.48. The molecule has 0 bridgehead atoms. The van der Waals surface area contributed by atoms with E-state index in [4.69, 9.17) is 4.42 Å². The molecule has 3 rings (SSSR count). The molecule has 0 aliphatic heterocycles. The zero-order chi connectivity index (χ0) is 19.4. The maximum atomic E-state index is 12.9. The fourth-order valence-corrected chi connectivity index (χ4v) is 3.29. The zero-order valence-electron chi connectivity index (χ0n) is 15.8. The topological polar surface area (TPSA) is 71.3 Å². The monoisotopic (exact) mass is 382 g/mol. The van der Waals surface area contributed by atoms with Gasteiger partial charge in [-0.15, -0.1) is 11.8 Å². The van der Waals surface area contributed by atoms with Gasteiger partial charge in [0.15, 0.2) is 11.6 Å². The van der Waals surface area contributed by atoms with E-state index in [1.54, 1.807) is 18.4 Å². The highest BCUT2D eigenvalue weighted by molar-refractivity contribution is 7.98. The first kappa shape index (κ1) is 19.0. The lowest BCUT2D eigenvalue weighted by Crippen LogP contribution is -2.18. The van der Waals surface area contributed by atoms with Crippen LogP contribution in [0, 0.1) is 6.92 Å². The normalized spacial score (nSPS) is 10.7. The van der Waals surface area contributed by atoms with Crippen LogP contribution in [-0.2, 0) is 0 Å². The number of furan rings is 1. The molecular formula is C20H22N4O2S. The van der Waals surface area contributed by atoms with Crippen molar-refractivity contribution < 1.29 is 9.21 Å². The van der Waals surface area contributed by atoms with Crippen LogP contribution in [-0.4, -0.2) is 35.7 Å². The number of rotatable bonds is 6. The van der Waals surface area contributed by atoms with E-state index in [1.165, 1.54) is 11.8 Å². The van der Waals surface area contributed by atoms with E-state index >= 15 is 0 Å². The van der Waals surface area contributed by atoms with E-state index in [2.05, 4.69) is 27.1 Å². The Morgan fingerprint density at radius 1 is 1.26 bits per heavy atom. The van der Waals surface area contributed by atoms with Crippen LogP contribution in [0.3, 0.4) is 0 Å². The number of carbonyl (C=O) groups is 1. The number of anilines is 2. The van der Waals surface area contributed by atoms with Crippen LogP contribution in [0.2, 0.25) is 0 Å². The Labute approximate surface area is 163 Å². The summed E-state index contributed by atoms with van der Waals surface area (Å²) in [6, 6.07) is 11.3. The lowest BCUT2D eigenvalue weighted by molar-refractivity contribution is 0.102. The summed E-state index contributed by atoms with van der Waals surface area (Å²) in [4.78, 5) is 24.0. The van der Waals surface area contributed by atoms with Gasteiger partial charge in [0.25, 0.3) is 5.91 Å². The van der Waals surface area contributed by atoms with Crippen LogP contribution >= 0.6 is 11.8 Å². The lowest BCUT2D eigenvalue weighted by atomic mass is 10.2. The van der Waals surface area contributed by atoms with Gasteiger partial charge in [0.2, 0.25) is 0 Å². The number of carbonyl (C=O) groups excluding carboxylic acids is 1. The average molecular weight is 382 g/mol. The molecule has 0 radical (unpaired) electrons. The molecule has 0 aliphatic carbocycles. The van der Waals surface area contributed by atoms with Crippen LogP contribution in [0.15, 0.2) is 52.1 Å². The second kappa shape index (κ2) is 8.26. The van der Waals surface area contributed by atoms with Gasteiger partial charge in [-0.2, -0.15) is 0 Å². The van der Waals surface area contributed by atoms with E-state index in [0.717, 1.165) is 17.9 Å². The molecule has 1 N–H and O–H groups in total. The quantitative estimate of drug-likeness (QED) is 0.501. The summed E-state index contributed by atoms with van der Waals surface area (Å²) in [5.74, 6) is 0.833. The van der Waals surface area contributed by atoms with Gasteiger partial charge in [-0.3, -0.25) is 4.79 Å². The number of hydrogen-bond donors (Lipinski definition) is 1. The molecule has 0 fully saturated rings. The van der Waals surface area contributed by atoms with Crippen molar-refractivity contribution in [1.29, 1.82) is 0 Å². The van der Waals surface area contributed by atoms with Crippen LogP contribution in [0.5, 0.6) is 0 Å². The van der Waals surface area contributed by atoms with Gasteiger partial charge < -0.3 is 14.6 Å². The van der Waals surface area contributed by atoms with Crippen molar-refractivity contribution in [2.24, 2.45) is 0 Å². The number of benzene rings is 1. The number of amides is 1. The number of nitrogens with one attached hydrogen (secondary N) is 1. The molecule has 0 unspecified atom stereocenters. The highest BCUT2D eigenvalue weighted by Gasteiger charge is 2.20. The predicted molar refractivity (Wildman–Crippen MR) is 110 cm³/mol. The van der Waals surface area contributed by atoms with Crippen molar-refractivity contribution in [2.45, 2.75) is 18.9 Å². The van der Waals surface area contributed by atoms with Crippen LogP contribution in [0.25, 0.3) is 11.6 Å². The molecule has 0 saturated carbocycles. The molecule has 1 amide bonds. The molecule has 1 aromatic carbocycles. The first-order valence-corrected chi connectivity index (χ1v) is 9.85.